The summed E-state index contributed by atoms with van der Waals surface area (Å²) in [4.78, 5) is 52.9. The van der Waals surface area contributed by atoms with Crippen LogP contribution in [0.15, 0.2) is 212 Å². The molecule has 0 aliphatic carbocycles. The molecule has 9 aromatic rings. The second-order valence-electron chi connectivity index (χ2n) is 22.3. The van der Waals surface area contributed by atoms with Gasteiger partial charge in [-0.05, 0) is 91.0 Å². The van der Waals surface area contributed by atoms with Crippen LogP contribution in [0.4, 0.5) is 0 Å². The normalized spacial score (nSPS) is 15.5. The quantitative estimate of drug-likeness (QED) is 0.0738. The van der Waals surface area contributed by atoms with Crippen LogP contribution < -0.4 is 0 Å². The molecule has 3 saturated heterocycles. The molecule has 0 spiro atoms. The molecule has 100 heavy (non-hydrogen) atoms. The predicted molar refractivity (Wildman–Crippen MR) is 406 cm³/mol. The van der Waals surface area contributed by atoms with Crippen LogP contribution >= 0.6 is 71.9 Å². The maximum absolute atomic E-state index is 12.6. The number of para-hydroxylation sites is 3. The Morgan fingerprint density at radius 2 is 0.640 bits per heavy atom. The number of carbonyl (C=O) groups is 4. The number of benzene rings is 6. The molecule has 0 atom stereocenters. The third-order valence-corrected chi connectivity index (χ3v) is 24.7. The van der Waals surface area contributed by atoms with Gasteiger partial charge in [0, 0.05) is 122 Å². The number of nitrogens with zero attached hydrogens (tertiary/aromatic N) is 12. The van der Waals surface area contributed by atoms with Crippen LogP contribution in [0.2, 0.25) is 0 Å². The Morgan fingerprint density at radius 1 is 0.410 bits per heavy atom. The smallest absolute Gasteiger partial charge is 0.300 e. The number of rotatable bonds is 15. The molecule has 23 nitrogen and oxygen atoms in total. The maximum atomic E-state index is 12.6. The number of likely N-dealkylation sites (N-methyl/N-ethyl adjacent to an activating group) is 3. The Morgan fingerprint density at radius 3 is 0.840 bits per heavy atom. The highest BCUT2D eigenvalue weighted by molar-refractivity contribution is 8.27. The van der Waals surface area contributed by atoms with E-state index in [-0.39, 0.29) is 32.4 Å². The van der Waals surface area contributed by atoms with Crippen molar-refractivity contribution >= 4 is 157 Å². The average Bonchev–Trinajstić information content (AvgIpc) is 1.62. The van der Waals surface area contributed by atoms with Crippen molar-refractivity contribution in [3.05, 3.63) is 214 Å². The summed E-state index contributed by atoms with van der Waals surface area (Å²) in [7, 11) is 3.04. The first kappa shape index (κ1) is 75.3. The van der Waals surface area contributed by atoms with E-state index >= 15 is 0 Å². The van der Waals surface area contributed by atoms with E-state index in [4.69, 9.17) is 61.9 Å². The van der Waals surface area contributed by atoms with Gasteiger partial charge >= 0.3 is 0 Å². The summed E-state index contributed by atoms with van der Waals surface area (Å²) in [5, 5.41) is 21.6. The molecule has 516 valence electrons. The number of carbonyl (C=O) groups excluding carboxylic acids is 3. The first-order valence-corrected chi connectivity index (χ1v) is 37.7. The molecule has 0 saturated carbocycles. The van der Waals surface area contributed by atoms with Gasteiger partial charge in [0.1, 0.15) is 30.0 Å². The van der Waals surface area contributed by atoms with Crippen molar-refractivity contribution in [1.82, 2.24) is 57.0 Å². The molecule has 0 unspecified atom stereocenters. The summed E-state index contributed by atoms with van der Waals surface area (Å²) in [6.45, 7) is 1.08. The van der Waals surface area contributed by atoms with Crippen LogP contribution in [0.3, 0.4) is 0 Å². The molecule has 3 amide bonds. The molecule has 6 aromatic carbocycles. The molecule has 3 aromatic heterocycles. The molecular formula is C68H64N12O11S9. The number of thiocarbonyl (C=S) groups is 3. The van der Waals surface area contributed by atoms with Crippen LogP contribution in [0.25, 0.3) is 69.1 Å². The molecule has 0 bridgehead atoms. The van der Waals surface area contributed by atoms with Gasteiger partial charge in [-0.2, -0.15) is 15.3 Å². The summed E-state index contributed by atoms with van der Waals surface area (Å²) < 4.78 is 85.9. The third kappa shape index (κ3) is 17.1. The zero-order valence-electron chi connectivity index (χ0n) is 55.1. The molecule has 0 radical (unpaired) electrons. The van der Waals surface area contributed by atoms with E-state index in [2.05, 4.69) is 0 Å². The highest BCUT2D eigenvalue weighted by Crippen LogP contribution is 2.38. The van der Waals surface area contributed by atoms with Crippen molar-refractivity contribution in [1.29, 1.82) is 0 Å². The Labute approximate surface area is 608 Å². The van der Waals surface area contributed by atoms with Crippen molar-refractivity contribution in [3.63, 3.8) is 0 Å². The van der Waals surface area contributed by atoms with E-state index in [1.54, 1.807) is 126 Å². The fourth-order valence-electron chi connectivity index (χ4n) is 9.40. The van der Waals surface area contributed by atoms with Gasteiger partial charge in [0.05, 0.1) is 46.5 Å². The van der Waals surface area contributed by atoms with Crippen molar-refractivity contribution in [2.75, 3.05) is 63.4 Å². The number of aliphatic carboxylic acids is 1. The molecule has 3 aliphatic heterocycles. The second kappa shape index (κ2) is 31.7. The van der Waals surface area contributed by atoms with E-state index in [0.29, 0.717) is 78.1 Å². The lowest BCUT2D eigenvalue weighted by Gasteiger charge is -2.12. The lowest BCUT2D eigenvalue weighted by molar-refractivity contribution is -0.134. The first-order chi connectivity index (χ1) is 47.3. The summed E-state index contributed by atoms with van der Waals surface area (Å²) in [6, 6.07) is 48.5. The van der Waals surface area contributed by atoms with Gasteiger partial charge in [-0.25, -0.2) is 52.2 Å². The Hall–Kier alpha value is -8.90. The fraction of sp³-hybridized carbons (Fsp3) is 0.147. The minimum atomic E-state index is -3.61. The molecule has 32 heteroatoms. The van der Waals surface area contributed by atoms with Crippen LogP contribution in [-0.4, -0.2) is 187 Å². The van der Waals surface area contributed by atoms with Crippen LogP contribution in [0.1, 0.15) is 23.6 Å². The van der Waals surface area contributed by atoms with Gasteiger partial charge in [0.25, 0.3) is 23.7 Å². The molecule has 3 fully saturated rings. The average molecular weight is 1510 g/mol. The number of thioether (sulfide) groups is 3. The molecule has 3 aliphatic rings. The number of carboxylic acid groups (broad SMARTS) is 1. The number of hydrogen-bond donors (Lipinski definition) is 1. The molecule has 12 rings (SSSR count). The van der Waals surface area contributed by atoms with Crippen LogP contribution in [-0.2, 0) is 49.2 Å². The van der Waals surface area contributed by atoms with Crippen molar-refractivity contribution < 1.29 is 49.5 Å². The lowest BCUT2D eigenvalue weighted by atomic mass is 10.1. The van der Waals surface area contributed by atoms with Gasteiger partial charge in [-0.1, -0.05) is 163 Å². The van der Waals surface area contributed by atoms with Gasteiger partial charge in [-0.3, -0.25) is 33.9 Å². The minimum absolute atomic E-state index is 0.167. The van der Waals surface area contributed by atoms with Gasteiger partial charge in [0.15, 0.2) is 0 Å². The summed E-state index contributed by atoms with van der Waals surface area (Å²) in [5.41, 5.74) is 8.13. The first-order valence-electron chi connectivity index (χ1n) is 29.7. The summed E-state index contributed by atoms with van der Waals surface area (Å²) >= 11 is 19.4. The van der Waals surface area contributed by atoms with Gasteiger partial charge in [-0.15, -0.1) is 0 Å². The SMILES string of the molecule is CC(=O)O.CN1C(=O)/C(=C/c2cn(-c3ccccc3)nc2-c2cccc(S(=O)(=O)N(C)C)c2)SC1=S.CN1C(=O)/C(=C/c2cn(-c3ccccc3)nc2-c2cccc(S(=O)(=O)N(C)C)c2)SC1=S.CN1C(=O)/C(=C/c2cn(-c3ccccc3)nc2-c2cccc(S(=O)(=O)N(C)C)c2)SC1=S. The van der Waals surface area contributed by atoms with Crippen molar-refractivity contribution in [2.24, 2.45) is 0 Å². The van der Waals surface area contributed by atoms with E-state index in [0.717, 1.165) is 24.0 Å². The highest BCUT2D eigenvalue weighted by Gasteiger charge is 2.33. The van der Waals surface area contributed by atoms with E-state index in [9.17, 15) is 39.6 Å². The number of hydrogen-bond acceptors (Lipinski definition) is 19. The summed E-state index contributed by atoms with van der Waals surface area (Å²) in [5.74, 6) is -1.37. The number of carboxylic acids is 1. The van der Waals surface area contributed by atoms with Crippen molar-refractivity contribution in [3.8, 4) is 50.8 Å². The monoisotopic (exact) mass is 1510 g/mol. The summed E-state index contributed by atoms with van der Waals surface area (Å²) in [6.07, 6.45) is 10.7. The number of aromatic nitrogens is 6. The molecule has 1 N–H and O–H groups in total. The molecular weight excluding hydrogens is 1450 g/mol. The zero-order chi connectivity index (χ0) is 72.7. The fourth-order valence-corrected chi connectivity index (χ4v) is 15.8. The minimum Gasteiger partial charge on any atom is -0.481 e. The Kier molecular flexibility index (Phi) is 23.9. The Bertz CT molecular complexity index is 4650. The van der Waals surface area contributed by atoms with Gasteiger partial charge in [0.2, 0.25) is 30.1 Å². The lowest BCUT2D eigenvalue weighted by Crippen LogP contribution is -2.22. The topological polar surface area (TPSA) is 264 Å². The van der Waals surface area contributed by atoms with Crippen LogP contribution in [0, 0.1) is 0 Å². The van der Waals surface area contributed by atoms with Crippen molar-refractivity contribution in [2.45, 2.75) is 21.6 Å². The van der Waals surface area contributed by atoms with E-state index in [1.165, 1.54) is 105 Å². The maximum Gasteiger partial charge on any atom is 0.300 e. The number of sulfonamides is 3. The van der Waals surface area contributed by atoms with Crippen LogP contribution in [0.5, 0.6) is 0 Å². The predicted octanol–water partition coefficient (Wildman–Crippen LogP) is 11.0. The largest absolute Gasteiger partial charge is 0.481 e. The zero-order valence-corrected chi connectivity index (χ0v) is 62.5. The highest BCUT2D eigenvalue weighted by atomic mass is 32.2. The van der Waals surface area contributed by atoms with E-state index < -0.39 is 36.0 Å². The van der Waals surface area contributed by atoms with E-state index in [1.807, 2.05) is 110 Å². The molecule has 6 heterocycles. The second-order valence-corrected chi connectivity index (χ2v) is 33.8. The third-order valence-electron chi connectivity index (χ3n) is 14.8. The standard InChI is InChI=1S/3C22H20N4O3S3.C2H4O2/c3*1-24(2)32(28,29)18-11-7-8-15(12-18)20-16(13-19-21(27)25(3)22(30)31-19)14-26(23-20)17-9-5-4-6-10-17;1-2(3)4/h3*4-14H,1-3H3;1H3,(H,3,4)/b3*19-13-;. The Balaban J connectivity index is 0.000000170. The van der Waals surface area contributed by atoms with Gasteiger partial charge < -0.3 is 5.11 Å². The number of amides is 3.